The molecule has 0 rings (SSSR count). The number of unbranched alkanes of at least 4 members (excludes halogenated alkanes) is 59. The van der Waals surface area contributed by atoms with Gasteiger partial charge in [-0.15, -0.1) is 0 Å². The highest BCUT2D eigenvalue weighted by Gasteiger charge is 2.18. The SMILES string of the molecule is CCCCCCCCCCCCCCCCCCCCCCCCCCCCC/C=C/CC/C=C/C(O)C(CO)NC(=O)CCCCCCCCCCCCCCCCCCCCCCCCCCCCCCCCCC. The van der Waals surface area contributed by atoms with E-state index in [0.717, 1.165) is 32.1 Å². The number of allylic oxidation sites excluding steroid dienone is 3. The molecule has 0 saturated heterocycles. The molecular weight excluding hydrogens is 939 g/mol. The Hall–Kier alpha value is -1.13. The molecule has 0 spiro atoms. The van der Waals surface area contributed by atoms with Gasteiger partial charge in [0.05, 0.1) is 18.8 Å². The monoisotopic (exact) mass is 1080 g/mol. The average molecular weight is 1080 g/mol. The summed E-state index contributed by atoms with van der Waals surface area (Å²) in [5.41, 5.74) is 0. The number of carbonyl (C=O) groups is 1. The van der Waals surface area contributed by atoms with Crippen LogP contribution in [0, 0.1) is 0 Å². The van der Waals surface area contributed by atoms with Crippen LogP contribution in [-0.4, -0.2) is 34.9 Å². The van der Waals surface area contributed by atoms with Gasteiger partial charge in [0.2, 0.25) is 5.91 Å². The van der Waals surface area contributed by atoms with Crippen LogP contribution >= 0.6 is 0 Å². The number of aliphatic hydroxyl groups is 2. The molecule has 4 nitrogen and oxygen atoms in total. The summed E-state index contributed by atoms with van der Waals surface area (Å²) < 4.78 is 0. The molecule has 2 unspecified atom stereocenters. The lowest BCUT2D eigenvalue weighted by Gasteiger charge is -2.19. The molecule has 0 aromatic heterocycles. The summed E-state index contributed by atoms with van der Waals surface area (Å²) >= 11 is 0. The number of carbonyl (C=O) groups excluding carboxylic acids is 1. The van der Waals surface area contributed by atoms with E-state index in [0.29, 0.717) is 6.42 Å². The summed E-state index contributed by atoms with van der Waals surface area (Å²) in [7, 11) is 0. The van der Waals surface area contributed by atoms with E-state index in [1.165, 1.54) is 366 Å². The van der Waals surface area contributed by atoms with Crippen molar-refractivity contribution in [2.75, 3.05) is 6.61 Å². The fourth-order valence-corrected chi connectivity index (χ4v) is 11.7. The zero-order valence-electron chi connectivity index (χ0n) is 53.0. The Kier molecular flexibility index (Phi) is 68.1. The van der Waals surface area contributed by atoms with Crippen molar-refractivity contribution in [3.05, 3.63) is 24.3 Å². The second-order valence-corrected chi connectivity index (χ2v) is 25.0. The molecule has 0 heterocycles. The number of rotatable bonds is 68. The lowest BCUT2D eigenvalue weighted by Crippen LogP contribution is -2.45. The molecule has 0 radical (unpaired) electrons. The fourth-order valence-electron chi connectivity index (χ4n) is 11.7. The van der Waals surface area contributed by atoms with E-state index in [2.05, 4.69) is 31.3 Å². The topological polar surface area (TPSA) is 69.6 Å². The molecule has 1 amide bonds. The second-order valence-electron chi connectivity index (χ2n) is 25.0. The smallest absolute Gasteiger partial charge is 0.220 e. The first kappa shape index (κ1) is 75.9. The Morgan fingerprint density at radius 1 is 0.299 bits per heavy atom. The number of amides is 1. The van der Waals surface area contributed by atoms with Crippen LogP contribution in [0.2, 0.25) is 0 Å². The molecule has 0 aliphatic rings. The van der Waals surface area contributed by atoms with Crippen molar-refractivity contribution in [2.24, 2.45) is 0 Å². The van der Waals surface area contributed by atoms with E-state index in [-0.39, 0.29) is 12.5 Å². The van der Waals surface area contributed by atoms with E-state index in [1.54, 1.807) is 6.08 Å². The molecule has 0 saturated carbocycles. The van der Waals surface area contributed by atoms with Crippen LogP contribution in [-0.2, 0) is 4.79 Å². The van der Waals surface area contributed by atoms with Crippen molar-refractivity contribution >= 4 is 5.91 Å². The van der Waals surface area contributed by atoms with Crippen LogP contribution in [0.25, 0.3) is 0 Å². The van der Waals surface area contributed by atoms with Gasteiger partial charge in [-0.05, 0) is 32.1 Å². The van der Waals surface area contributed by atoms with Gasteiger partial charge in [0.25, 0.3) is 0 Å². The van der Waals surface area contributed by atoms with Gasteiger partial charge in [0.15, 0.2) is 0 Å². The van der Waals surface area contributed by atoms with Crippen molar-refractivity contribution < 1.29 is 15.0 Å². The third-order valence-electron chi connectivity index (χ3n) is 17.2. The zero-order valence-corrected chi connectivity index (χ0v) is 53.0. The van der Waals surface area contributed by atoms with E-state index in [1.807, 2.05) is 6.08 Å². The molecule has 0 aromatic carbocycles. The molecule has 0 fully saturated rings. The normalized spacial score (nSPS) is 12.7. The molecule has 458 valence electrons. The first-order chi connectivity index (χ1) is 38.2. The standard InChI is InChI=1S/C73H143NO3/c1-3-5-7-9-11-13-15-17-19-21-23-25-27-29-31-33-35-37-38-40-42-44-46-48-50-52-54-56-58-60-62-64-66-68-72(76)71(70-75)74-73(77)69-67-65-63-61-59-57-55-53-51-49-47-45-43-41-39-36-34-32-30-28-26-24-22-20-18-16-14-12-10-8-6-4-2/h58,60,66,68,71-72,75-76H,3-57,59,61-65,67,69-70H2,1-2H3,(H,74,77)/b60-58+,68-66+. The van der Waals surface area contributed by atoms with Crippen LogP contribution in [0.3, 0.4) is 0 Å². The highest BCUT2D eigenvalue weighted by molar-refractivity contribution is 5.76. The molecule has 0 aliphatic heterocycles. The summed E-state index contributed by atoms with van der Waals surface area (Å²) in [5.74, 6) is -0.0637. The van der Waals surface area contributed by atoms with Gasteiger partial charge >= 0.3 is 0 Å². The van der Waals surface area contributed by atoms with E-state index < -0.39 is 12.1 Å². The van der Waals surface area contributed by atoms with Crippen molar-refractivity contribution in [3.63, 3.8) is 0 Å². The predicted octanol–water partition coefficient (Wildman–Crippen LogP) is 24.6. The summed E-state index contributed by atoms with van der Waals surface area (Å²) in [6.07, 6.45) is 94.4. The summed E-state index contributed by atoms with van der Waals surface area (Å²) in [4.78, 5) is 12.5. The Morgan fingerprint density at radius 3 is 0.753 bits per heavy atom. The number of hydrogen-bond acceptors (Lipinski definition) is 3. The van der Waals surface area contributed by atoms with Crippen LogP contribution in [0.4, 0.5) is 0 Å². The Morgan fingerprint density at radius 2 is 0.506 bits per heavy atom. The third kappa shape index (κ3) is 65.6. The lowest BCUT2D eigenvalue weighted by molar-refractivity contribution is -0.123. The lowest BCUT2D eigenvalue weighted by atomic mass is 10.0. The quantitative estimate of drug-likeness (QED) is 0.0420. The largest absolute Gasteiger partial charge is 0.394 e. The first-order valence-corrected chi connectivity index (χ1v) is 36.1. The van der Waals surface area contributed by atoms with Crippen molar-refractivity contribution in [3.8, 4) is 0 Å². The minimum atomic E-state index is -0.862. The van der Waals surface area contributed by atoms with Gasteiger partial charge in [-0.2, -0.15) is 0 Å². The Labute approximate surface area is 485 Å². The highest BCUT2D eigenvalue weighted by Crippen LogP contribution is 2.20. The molecule has 2 atom stereocenters. The van der Waals surface area contributed by atoms with E-state index >= 15 is 0 Å². The van der Waals surface area contributed by atoms with E-state index in [9.17, 15) is 15.0 Å². The van der Waals surface area contributed by atoms with Gasteiger partial charge in [0, 0.05) is 6.42 Å². The van der Waals surface area contributed by atoms with Crippen molar-refractivity contribution in [1.82, 2.24) is 5.32 Å². The highest BCUT2D eigenvalue weighted by atomic mass is 16.3. The van der Waals surface area contributed by atoms with Gasteiger partial charge in [-0.3, -0.25) is 4.79 Å². The predicted molar refractivity (Wildman–Crippen MR) is 346 cm³/mol. The van der Waals surface area contributed by atoms with Gasteiger partial charge in [-0.1, -0.05) is 404 Å². The Balaban J connectivity index is 3.42. The molecule has 0 aromatic rings. The first-order valence-electron chi connectivity index (χ1n) is 36.1. The maximum atomic E-state index is 12.5. The maximum Gasteiger partial charge on any atom is 0.220 e. The molecule has 3 N–H and O–H groups in total. The minimum absolute atomic E-state index is 0.0637. The van der Waals surface area contributed by atoms with Crippen LogP contribution in [0.5, 0.6) is 0 Å². The van der Waals surface area contributed by atoms with Crippen molar-refractivity contribution in [1.29, 1.82) is 0 Å². The third-order valence-corrected chi connectivity index (χ3v) is 17.2. The average Bonchev–Trinajstić information content (AvgIpc) is 3.43. The van der Waals surface area contributed by atoms with Crippen LogP contribution < -0.4 is 5.32 Å². The summed E-state index contributed by atoms with van der Waals surface area (Å²) in [6.45, 7) is 4.36. The van der Waals surface area contributed by atoms with E-state index in [4.69, 9.17) is 0 Å². The summed E-state index contributed by atoms with van der Waals surface area (Å²) in [5, 5.41) is 23.3. The van der Waals surface area contributed by atoms with Crippen LogP contribution in [0.1, 0.15) is 418 Å². The molecule has 0 aliphatic carbocycles. The molecular formula is C73H143NO3. The van der Waals surface area contributed by atoms with Gasteiger partial charge < -0.3 is 15.5 Å². The number of hydrogen-bond donors (Lipinski definition) is 3. The minimum Gasteiger partial charge on any atom is -0.394 e. The molecule has 0 bridgehead atoms. The second kappa shape index (κ2) is 69.1. The summed E-state index contributed by atoms with van der Waals surface area (Å²) in [6, 6.07) is -0.638. The molecule has 77 heavy (non-hydrogen) atoms. The zero-order chi connectivity index (χ0) is 55.5. The van der Waals surface area contributed by atoms with Crippen LogP contribution in [0.15, 0.2) is 24.3 Å². The van der Waals surface area contributed by atoms with Gasteiger partial charge in [-0.25, -0.2) is 0 Å². The Bertz CT molecular complexity index is 1140. The molecule has 4 heteroatoms. The number of aliphatic hydroxyl groups excluding tert-OH is 2. The number of nitrogens with one attached hydrogen (secondary N) is 1. The van der Waals surface area contributed by atoms with Gasteiger partial charge in [0.1, 0.15) is 0 Å². The maximum absolute atomic E-state index is 12.5. The van der Waals surface area contributed by atoms with Crippen molar-refractivity contribution in [2.45, 2.75) is 431 Å². The fraction of sp³-hybridized carbons (Fsp3) is 0.932.